The van der Waals surface area contributed by atoms with Crippen LogP contribution in [0.4, 0.5) is 5.69 Å². The first-order valence-electron chi connectivity index (χ1n) is 6.29. The van der Waals surface area contributed by atoms with Gasteiger partial charge >= 0.3 is 0 Å². The van der Waals surface area contributed by atoms with Gasteiger partial charge in [0.2, 0.25) is 0 Å². The van der Waals surface area contributed by atoms with Gasteiger partial charge in [-0.2, -0.15) is 0 Å². The molecule has 1 saturated heterocycles. The minimum atomic E-state index is -0.229. The number of nitrogens with zero attached hydrogens (tertiary/aromatic N) is 1. The summed E-state index contributed by atoms with van der Waals surface area (Å²) in [5.41, 5.74) is 1.58. The summed E-state index contributed by atoms with van der Waals surface area (Å²) in [5.74, 6) is 0.394. The molecule has 0 amide bonds. The maximum Gasteiger partial charge on any atom is 0.151 e. The highest BCUT2D eigenvalue weighted by molar-refractivity contribution is 6.33. The number of rotatable bonds is 3. The normalized spacial score (nSPS) is 18.7. The summed E-state index contributed by atoms with van der Waals surface area (Å²) in [5, 5.41) is 10.1. The summed E-state index contributed by atoms with van der Waals surface area (Å²) in [6.45, 7) is 3.70. The number of carbonyl (C=O) groups excluding carboxylic acids is 1. The van der Waals surface area contributed by atoms with Gasteiger partial charge in [0.05, 0.1) is 11.1 Å². The van der Waals surface area contributed by atoms with Gasteiger partial charge in [-0.05, 0) is 43.9 Å². The van der Waals surface area contributed by atoms with E-state index in [1.807, 2.05) is 19.1 Å². The molecule has 1 atom stereocenters. The first-order chi connectivity index (χ1) is 8.61. The lowest BCUT2D eigenvalue weighted by molar-refractivity contribution is 0.109. The Morgan fingerprint density at radius 2 is 2.11 bits per heavy atom. The Bertz CT molecular complexity index is 426. The van der Waals surface area contributed by atoms with E-state index in [-0.39, 0.29) is 6.10 Å². The van der Waals surface area contributed by atoms with Crippen LogP contribution in [0.1, 0.15) is 30.1 Å². The second kappa shape index (κ2) is 5.72. The fraction of sp³-hybridized carbons (Fsp3) is 0.500. The molecule has 1 aromatic rings. The van der Waals surface area contributed by atoms with Crippen LogP contribution >= 0.6 is 11.6 Å². The number of halogens is 1. The molecule has 0 bridgehead atoms. The summed E-state index contributed by atoms with van der Waals surface area (Å²) in [7, 11) is 0. The molecule has 1 aromatic carbocycles. The number of piperidine rings is 1. The molecule has 18 heavy (non-hydrogen) atoms. The Balaban J connectivity index is 2.05. The highest BCUT2D eigenvalue weighted by atomic mass is 35.5. The molecule has 0 radical (unpaired) electrons. The van der Waals surface area contributed by atoms with Crippen molar-refractivity contribution in [3.05, 3.63) is 28.8 Å². The van der Waals surface area contributed by atoms with Gasteiger partial charge in [-0.25, -0.2) is 0 Å². The quantitative estimate of drug-likeness (QED) is 0.856. The molecule has 1 heterocycles. The molecule has 1 unspecified atom stereocenters. The first-order valence-corrected chi connectivity index (χ1v) is 6.67. The van der Waals surface area contributed by atoms with Crippen molar-refractivity contribution in [3.8, 4) is 0 Å². The smallest absolute Gasteiger partial charge is 0.151 e. The van der Waals surface area contributed by atoms with Crippen molar-refractivity contribution < 1.29 is 9.90 Å². The Kier molecular flexibility index (Phi) is 4.25. The molecule has 0 saturated carbocycles. The average molecular weight is 268 g/mol. The summed E-state index contributed by atoms with van der Waals surface area (Å²) in [4.78, 5) is 13.0. The molecule has 1 N–H and O–H groups in total. The molecule has 4 heteroatoms. The van der Waals surface area contributed by atoms with E-state index < -0.39 is 0 Å². The highest BCUT2D eigenvalue weighted by Gasteiger charge is 2.22. The van der Waals surface area contributed by atoms with Crippen LogP contribution in [0.3, 0.4) is 0 Å². The van der Waals surface area contributed by atoms with E-state index >= 15 is 0 Å². The van der Waals surface area contributed by atoms with Gasteiger partial charge in [-0.1, -0.05) is 11.6 Å². The number of carbonyl (C=O) groups is 1. The fourth-order valence-electron chi connectivity index (χ4n) is 2.45. The van der Waals surface area contributed by atoms with Crippen LogP contribution < -0.4 is 4.90 Å². The van der Waals surface area contributed by atoms with Gasteiger partial charge in [-0.15, -0.1) is 0 Å². The molecule has 0 aliphatic carbocycles. The lowest BCUT2D eigenvalue weighted by atomic mass is 9.92. The molecule has 0 aromatic heterocycles. The van der Waals surface area contributed by atoms with E-state index in [4.69, 9.17) is 11.6 Å². The third-order valence-corrected chi connectivity index (χ3v) is 4.03. The van der Waals surface area contributed by atoms with Crippen LogP contribution in [0.2, 0.25) is 5.02 Å². The van der Waals surface area contributed by atoms with Crippen molar-refractivity contribution in [1.82, 2.24) is 0 Å². The third kappa shape index (κ3) is 2.85. The second-order valence-corrected chi connectivity index (χ2v) is 5.30. The highest BCUT2D eigenvalue weighted by Crippen LogP contribution is 2.28. The molecular formula is C14H18ClNO2. The van der Waals surface area contributed by atoms with Crippen molar-refractivity contribution in [2.75, 3.05) is 18.0 Å². The molecule has 1 aliphatic rings. The summed E-state index contributed by atoms with van der Waals surface area (Å²) < 4.78 is 0. The zero-order valence-electron chi connectivity index (χ0n) is 10.5. The van der Waals surface area contributed by atoms with Crippen molar-refractivity contribution in [3.63, 3.8) is 0 Å². The lowest BCUT2D eigenvalue weighted by Crippen LogP contribution is -2.37. The van der Waals surface area contributed by atoms with Crippen molar-refractivity contribution >= 4 is 23.6 Å². The van der Waals surface area contributed by atoms with Crippen LogP contribution in [-0.4, -0.2) is 30.6 Å². The van der Waals surface area contributed by atoms with Crippen molar-refractivity contribution in [1.29, 1.82) is 0 Å². The number of hydrogen-bond donors (Lipinski definition) is 1. The third-order valence-electron chi connectivity index (χ3n) is 3.70. The van der Waals surface area contributed by atoms with Crippen LogP contribution in [0.15, 0.2) is 18.2 Å². The predicted molar refractivity (Wildman–Crippen MR) is 73.5 cm³/mol. The monoisotopic (exact) mass is 267 g/mol. The average Bonchev–Trinajstić information content (AvgIpc) is 2.38. The number of benzene rings is 1. The molecule has 98 valence electrons. The van der Waals surface area contributed by atoms with E-state index in [9.17, 15) is 9.90 Å². The Morgan fingerprint density at radius 3 is 2.61 bits per heavy atom. The molecule has 1 aliphatic heterocycles. The summed E-state index contributed by atoms with van der Waals surface area (Å²) in [6, 6.07) is 5.53. The zero-order chi connectivity index (χ0) is 13.1. The number of hydrogen-bond acceptors (Lipinski definition) is 3. The van der Waals surface area contributed by atoms with Crippen molar-refractivity contribution in [2.24, 2.45) is 5.92 Å². The summed E-state index contributed by atoms with van der Waals surface area (Å²) in [6.07, 6.45) is 2.52. The number of aliphatic hydroxyl groups excluding tert-OH is 1. The topological polar surface area (TPSA) is 40.5 Å². The van der Waals surface area contributed by atoms with E-state index in [0.717, 1.165) is 37.9 Å². The largest absolute Gasteiger partial charge is 0.393 e. The van der Waals surface area contributed by atoms with E-state index in [0.29, 0.717) is 16.5 Å². The first kappa shape index (κ1) is 13.4. The van der Waals surface area contributed by atoms with Gasteiger partial charge in [0, 0.05) is 24.3 Å². The standard InChI is InChI=1S/C14H18ClNO2/c1-10(18)11-4-6-16(7-5-11)13-3-2-12(9-17)14(15)8-13/h2-3,8-11,18H,4-7H2,1H3. The van der Waals surface area contributed by atoms with E-state index in [2.05, 4.69) is 4.90 Å². The van der Waals surface area contributed by atoms with Gasteiger partial charge in [-0.3, -0.25) is 4.79 Å². The minimum Gasteiger partial charge on any atom is -0.393 e. The van der Waals surface area contributed by atoms with Crippen LogP contribution in [0, 0.1) is 5.92 Å². The Hall–Kier alpha value is -1.06. The molecule has 3 nitrogen and oxygen atoms in total. The van der Waals surface area contributed by atoms with E-state index in [1.54, 1.807) is 6.07 Å². The number of anilines is 1. The molecule has 0 spiro atoms. The van der Waals surface area contributed by atoms with Crippen molar-refractivity contribution in [2.45, 2.75) is 25.9 Å². The van der Waals surface area contributed by atoms with Gasteiger partial charge in [0.15, 0.2) is 6.29 Å². The number of aldehydes is 1. The molecular weight excluding hydrogens is 250 g/mol. The number of aliphatic hydroxyl groups is 1. The van der Waals surface area contributed by atoms with E-state index in [1.165, 1.54) is 0 Å². The minimum absolute atomic E-state index is 0.229. The lowest BCUT2D eigenvalue weighted by Gasteiger charge is -2.34. The van der Waals surface area contributed by atoms with Gasteiger partial charge in [0.25, 0.3) is 0 Å². The summed E-state index contributed by atoms with van der Waals surface area (Å²) >= 11 is 6.03. The molecule has 1 fully saturated rings. The zero-order valence-corrected chi connectivity index (χ0v) is 11.2. The van der Waals surface area contributed by atoms with Crippen LogP contribution in [0.5, 0.6) is 0 Å². The molecule has 2 rings (SSSR count). The predicted octanol–water partition coefficient (Wildman–Crippen LogP) is 2.75. The SMILES string of the molecule is CC(O)C1CCN(c2ccc(C=O)c(Cl)c2)CC1. The maximum absolute atomic E-state index is 10.7. The van der Waals surface area contributed by atoms with Crippen LogP contribution in [-0.2, 0) is 0 Å². The maximum atomic E-state index is 10.7. The van der Waals surface area contributed by atoms with Gasteiger partial charge < -0.3 is 10.0 Å². The van der Waals surface area contributed by atoms with Crippen LogP contribution in [0.25, 0.3) is 0 Å². The second-order valence-electron chi connectivity index (χ2n) is 4.89. The Labute approximate surface area is 112 Å². The van der Waals surface area contributed by atoms with Gasteiger partial charge in [0.1, 0.15) is 0 Å². The fourth-order valence-corrected chi connectivity index (χ4v) is 2.67. The Morgan fingerprint density at radius 1 is 1.44 bits per heavy atom.